The van der Waals surface area contributed by atoms with E-state index < -0.39 is 12.1 Å². The van der Waals surface area contributed by atoms with Gasteiger partial charge in [0.25, 0.3) is 0 Å². The SMILES string of the molecule is CC[C@H](C)[C@H](NC(=O)[C@@H](NC(=O)[C@H](C(C)C)N(C)C)C(C)C)[C@@H](CC(=O)N1CCCC1)OC. The Kier molecular flexibility index (Phi) is 12.4. The summed E-state index contributed by atoms with van der Waals surface area (Å²) in [6, 6.07) is -1.32. The zero-order valence-corrected chi connectivity index (χ0v) is 22.3. The molecule has 0 unspecified atom stereocenters. The molecule has 0 radical (unpaired) electrons. The molecule has 1 aliphatic rings. The number of carbonyl (C=O) groups excluding carboxylic acids is 3. The fourth-order valence-corrected chi connectivity index (χ4v) is 4.64. The van der Waals surface area contributed by atoms with E-state index in [0.29, 0.717) is 0 Å². The van der Waals surface area contributed by atoms with E-state index >= 15 is 0 Å². The molecule has 0 spiro atoms. The van der Waals surface area contributed by atoms with Gasteiger partial charge in [-0.3, -0.25) is 19.3 Å². The number of amides is 3. The van der Waals surface area contributed by atoms with Crippen LogP contribution in [0, 0.1) is 17.8 Å². The largest absolute Gasteiger partial charge is 0.379 e. The summed E-state index contributed by atoms with van der Waals surface area (Å²) in [7, 11) is 5.33. The Morgan fingerprint density at radius 3 is 1.94 bits per heavy atom. The predicted molar refractivity (Wildman–Crippen MR) is 132 cm³/mol. The second kappa shape index (κ2) is 13.9. The average molecular weight is 469 g/mol. The third-order valence-corrected chi connectivity index (χ3v) is 6.81. The topological polar surface area (TPSA) is 91.0 Å². The first-order chi connectivity index (χ1) is 15.4. The molecule has 5 atom stereocenters. The highest BCUT2D eigenvalue weighted by atomic mass is 16.5. The van der Waals surface area contributed by atoms with Crippen molar-refractivity contribution >= 4 is 17.7 Å². The molecule has 0 aromatic carbocycles. The van der Waals surface area contributed by atoms with Gasteiger partial charge in [0.2, 0.25) is 17.7 Å². The highest BCUT2D eigenvalue weighted by Crippen LogP contribution is 2.20. The maximum Gasteiger partial charge on any atom is 0.243 e. The normalized spacial score (nSPS) is 18.8. The summed E-state index contributed by atoms with van der Waals surface area (Å²) in [5.74, 6) is -0.190. The van der Waals surface area contributed by atoms with Crippen molar-refractivity contribution in [1.29, 1.82) is 0 Å². The third-order valence-electron chi connectivity index (χ3n) is 6.81. The van der Waals surface area contributed by atoms with Crippen LogP contribution in [0.4, 0.5) is 0 Å². The summed E-state index contributed by atoms with van der Waals surface area (Å²) in [4.78, 5) is 42.9. The van der Waals surface area contributed by atoms with E-state index in [1.807, 2.05) is 51.6 Å². The highest BCUT2D eigenvalue weighted by Gasteiger charge is 2.35. The molecule has 0 aliphatic carbocycles. The first-order valence-electron chi connectivity index (χ1n) is 12.5. The zero-order chi connectivity index (χ0) is 25.3. The molecule has 1 fully saturated rings. The molecule has 1 heterocycles. The number of methoxy groups -OCH3 is 1. The van der Waals surface area contributed by atoms with Crippen LogP contribution in [0.15, 0.2) is 0 Å². The van der Waals surface area contributed by atoms with Crippen molar-refractivity contribution in [3.63, 3.8) is 0 Å². The molecule has 1 aliphatic heterocycles. The maximum atomic E-state index is 13.4. The van der Waals surface area contributed by atoms with Crippen LogP contribution in [0.1, 0.15) is 67.2 Å². The Hall–Kier alpha value is -1.67. The van der Waals surface area contributed by atoms with Crippen molar-refractivity contribution < 1.29 is 19.1 Å². The van der Waals surface area contributed by atoms with Gasteiger partial charge in [0, 0.05) is 20.2 Å². The number of nitrogens with one attached hydrogen (secondary N) is 2. The van der Waals surface area contributed by atoms with E-state index in [9.17, 15) is 14.4 Å². The molecule has 1 saturated heterocycles. The van der Waals surface area contributed by atoms with Gasteiger partial charge in [-0.25, -0.2) is 0 Å². The standard InChI is InChI=1S/C25H48N4O4/c1-10-18(6)22(19(33-9)15-20(30)29-13-11-12-14-29)27-24(31)21(16(2)3)26-25(32)23(17(4)5)28(7)8/h16-19,21-23H,10-15H2,1-9H3,(H,26,32)(H,27,31)/t18-,19+,21-,22-,23-/m0/s1. The minimum Gasteiger partial charge on any atom is -0.379 e. The summed E-state index contributed by atoms with van der Waals surface area (Å²) in [6.45, 7) is 13.5. The van der Waals surface area contributed by atoms with Crippen molar-refractivity contribution in [1.82, 2.24) is 20.4 Å². The van der Waals surface area contributed by atoms with Crippen molar-refractivity contribution in [2.24, 2.45) is 17.8 Å². The lowest BCUT2D eigenvalue weighted by molar-refractivity contribution is -0.136. The Morgan fingerprint density at radius 2 is 1.52 bits per heavy atom. The van der Waals surface area contributed by atoms with Crippen LogP contribution in [0.2, 0.25) is 0 Å². The molecule has 8 nitrogen and oxygen atoms in total. The first kappa shape index (κ1) is 29.4. The fraction of sp³-hybridized carbons (Fsp3) is 0.880. The average Bonchev–Trinajstić information content (AvgIpc) is 3.27. The molecule has 0 saturated carbocycles. The molecule has 3 amide bonds. The monoisotopic (exact) mass is 468 g/mol. The Balaban J connectivity index is 3.00. The van der Waals surface area contributed by atoms with E-state index in [4.69, 9.17) is 4.74 Å². The van der Waals surface area contributed by atoms with Gasteiger partial charge in [-0.2, -0.15) is 0 Å². The number of nitrogens with zero attached hydrogens (tertiary/aromatic N) is 2. The zero-order valence-electron chi connectivity index (χ0n) is 22.3. The second-order valence-corrected chi connectivity index (χ2v) is 10.4. The van der Waals surface area contributed by atoms with Crippen LogP contribution in [-0.2, 0) is 19.1 Å². The van der Waals surface area contributed by atoms with Crippen molar-refractivity contribution in [2.45, 2.75) is 91.5 Å². The molecular weight excluding hydrogens is 420 g/mol. The smallest absolute Gasteiger partial charge is 0.243 e. The molecule has 0 aromatic heterocycles. The molecule has 0 aromatic rings. The highest BCUT2D eigenvalue weighted by molar-refractivity contribution is 5.90. The van der Waals surface area contributed by atoms with Crippen LogP contribution < -0.4 is 10.6 Å². The van der Waals surface area contributed by atoms with Crippen LogP contribution in [0.25, 0.3) is 0 Å². The van der Waals surface area contributed by atoms with Gasteiger partial charge in [-0.1, -0.05) is 48.0 Å². The van der Waals surface area contributed by atoms with Crippen molar-refractivity contribution in [3.05, 3.63) is 0 Å². The number of likely N-dealkylation sites (N-methyl/N-ethyl adjacent to an activating group) is 1. The third kappa shape index (κ3) is 8.56. The minimum atomic E-state index is -0.669. The fourth-order valence-electron chi connectivity index (χ4n) is 4.64. The van der Waals surface area contributed by atoms with Crippen LogP contribution >= 0.6 is 0 Å². The number of hydrogen-bond acceptors (Lipinski definition) is 5. The molecular formula is C25H48N4O4. The summed E-state index contributed by atoms with van der Waals surface area (Å²) in [5.41, 5.74) is 0. The summed E-state index contributed by atoms with van der Waals surface area (Å²) < 4.78 is 5.73. The van der Waals surface area contributed by atoms with E-state index in [-0.39, 0.29) is 54.0 Å². The second-order valence-electron chi connectivity index (χ2n) is 10.4. The van der Waals surface area contributed by atoms with Gasteiger partial charge >= 0.3 is 0 Å². The molecule has 33 heavy (non-hydrogen) atoms. The molecule has 2 N–H and O–H groups in total. The van der Waals surface area contributed by atoms with Gasteiger partial charge in [-0.15, -0.1) is 0 Å². The maximum absolute atomic E-state index is 13.4. The van der Waals surface area contributed by atoms with E-state index in [1.54, 1.807) is 7.11 Å². The number of ether oxygens (including phenoxy) is 1. The molecule has 192 valence electrons. The predicted octanol–water partition coefficient (Wildman–Crippen LogP) is 2.27. The number of likely N-dealkylation sites (tertiary alicyclic amines) is 1. The van der Waals surface area contributed by atoms with Crippen molar-refractivity contribution in [3.8, 4) is 0 Å². The number of hydrogen-bond donors (Lipinski definition) is 2. The van der Waals surface area contributed by atoms with Crippen LogP contribution in [0.3, 0.4) is 0 Å². The van der Waals surface area contributed by atoms with Gasteiger partial charge in [0.15, 0.2) is 0 Å². The summed E-state index contributed by atoms with van der Waals surface area (Å²) in [6.07, 6.45) is 2.72. The molecule has 0 bridgehead atoms. The van der Waals surface area contributed by atoms with Gasteiger partial charge < -0.3 is 20.3 Å². The molecule has 1 rings (SSSR count). The van der Waals surface area contributed by atoms with Crippen LogP contribution in [0.5, 0.6) is 0 Å². The Bertz CT molecular complexity index is 624. The van der Waals surface area contributed by atoms with E-state index in [1.165, 1.54) is 0 Å². The number of rotatable bonds is 13. The van der Waals surface area contributed by atoms with E-state index in [0.717, 1.165) is 32.4 Å². The number of carbonyl (C=O) groups is 3. The van der Waals surface area contributed by atoms with Crippen molar-refractivity contribution in [2.75, 3.05) is 34.3 Å². The lowest BCUT2D eigenvalue weighted by Crippen LogP contribution is -2.59. The summed E-state index contributed by atoms with van der Waals surface area (Å²) in [5, 5.41) is 6.11. The van der Waals surface area contributed by atoms with E-state index in [2.05, 4.69) is 24.5 Å². The quantitative estimate of drug-likeness (QED) is 0.433. The first-order valence-corrected chi connectivity index (χ1v) is 12.5. The molecule has 8 heteroatoms. The lowest BCUT2D eigenvalue weighted by atomic mass is 9.91. The van der Waals surface area contributed by atoms with Gasteiger partial charge in [0.1, 0.15) is 6.04 Å². The lowest BCUT2D eigenvalue weighted by Gasteiger charge is -2.35. The Labute approximate surface area is 201 Å². The van der Waals surface area contributed by atoms with Crippen LogP contribution in [-0.4, -0.2) is 86.0 Å². The van der Waals surface area contributed by atoms with Gasteiger partial charge in [0.05, 0.1) is 24.6 Å². The minimum absolute atomic E-state index is 0.0707. The summed E-state index contributed by atoms with van der Waals surface area (Å²) >= 11 is 0. The van der Waals surface area contributed by atoms with Gasteiger partial charge in [-0.05, 0) is 44.7 Å². The Morgan fingerprint density at radius 1 is 0.939 bits per heavy atom.